The van der Waals surface area contributed by atoms with E-state index in [1.807, 2.05) is 153 Å². The Kier molecular flexibility index (Phi) is 28.9. The van der Waals surface area contributed by atoms with Crippen LogP contribution in [-0.2, 0) is 24.0 Å². The number of likely N-dealkylation sites (tertiary alicyclic amines) is 2. The molecular weight excluding hydrogens is 1720 g/mol. The summed E-state index contributed by atoms with van der Waals surface area (Å²) in [6.45, 7) is 34.4. The van der Waals surface area contributed by atoms with Gasteiger partial charge in [0.25, 0.3) is 22.2 Å². The second-order valence-corrected chi connectivity index (χ2v) is 35.9. The lowest BCUT2D eigenvalue weighted by molar-refractivity contribution is 0.0624. The fourth-order valence-corrected chi connectivity index (χ4v) is 19.3. The van der Waals surface area contributed by atoms with Gasteiger partial charge in [-0.15, -0.1) is 0 Å². The van der Waals surface area contributed by atoms with Gasteiger partial charge in [-0.1, -0.05) is 32.9 Å². The van der Waals surface area contributed by atoms with Crippen molar-refractivity contribution in [1.29, 1.82) is 0 Å². The summed E-state index contributed by atoms with van der Waals surface area (Å²) in [6, 6.07) is 28.7. The molecule has 0 saturated carbocycles. The first kappa shape index (κ1) is 93.9. The van der Waals surface area contributed by atoms with Crippen LogP contribution in [0.3, 0.4) is 0 Å². The average Bonchev–Trinajstić information content (AvgIpc) is 1.73. The standard InChI is InChI=1S/C26H33N7O3.C25H30FN7O.C25H29FN6O.C24H27FN6O/c1-17-11-21(31-6-5-30(19(3)15-31)7-9-36-10-8-34)16-32-25(35)13-22(28-26(17)32)23-12-24-20(4)27-18(2)14-33(24)29-23;1-4-20-23-12-22(29-33(23)14-17(2)27-20)21-13-25(34)32-16-19(6-7-24(32)28-21)31-11-10-30(9-5-8-26)18(3)15-31;1-3-20-23-13-22(29-32(23)15-17(2)27-20)21-14-25(33)31-16-19(5-6-24(31)28-21)18-7-11-30(12-8-18)10-4-9-26;1-3-19-22-12-21(28-31(22)14-16(2)26-19)20-13-24(32)30-15-18(4-5-23(30)27-20)17-6-9-29(10-7-17)11-8-25/h11-14,16,19,34H,5-10,15H2,1-4H3;6-7,12-14,16,18H,4-5,8-11,15H2,1-3H3;5-6,13-16,18H,3-4,7-12H2,1-2H3;4-5,12-15,17H,3,6-11H2,1-2H3/t19-;18-;;/m11../s1. The number of hydrogen-bond acceptors (Lipinski definition) is 24. The van der Waals surface area contributed by atoms with Gasteiger partial charge in [-0.05, 0) is 222 Å². The number of pyridine rings is 4. The zero-order valence-electron chi connectivity index (χ0n) is 78.8. The summed E-state index contributed by atoms with van der Waals surface area (Å²) in [6.07, 6.45) is 22.7. The van der Waals surface area contributed by atoms with Crippen molar-refractivity contribution in [2.75, 3.05) is 141 Å². The Balaban J connectivity index is 0.000000125. The minimum atomic E-state index is -0.299. The van der Waals surface area contributed by atoms with Crippen LogP contribution < -0.4 is 32.0 Å². The highest BCUT2D eigenvalue weighted by Crippen LogP contribution is 2.34. The first-order valence-corrected chi connectivity index (χ1v) is 47.3. The van der Waals surface area contributed by atoms with E-state index in [4.69, 9.17) is 29.8 Å². The second-order valence-electron chi connectivity index (χ2n) is 35.9. The molecule has 0 aromatic carbocycles. The summed E-state index contributed by atoms with van der Waals surface area (Å²) < 4.78 is 56.8. The number of piperidine rings is 2. The maximum atomic E-state index is 13.2. The van der Waals surface area contributed by atoms with E-state index < -0.39 is 0 Å². The van der Waals surface area contributed by atoms with Crippen LogP contribution in [0.1, 0.15) is 147 Å². The third kappa shape index (κ3) is 20.8. The average molecular weight is 1840 g/mol. The number of alkyl halides is 3. The first-order valence-electron chi connectivity index (χ1n) is 47.3. The minimum absolute atomic E-state index is 0.0518. The van der Waals surface area contributed by atoms with Gasteiger partial charge < -0.3 is 29.4 Å². The van der Waals surface area contributed by atoms with Gasteiger partial charge in [0.05, 0.1) is 160 Å². The number of halogens is 3. The van der Waals surface area contributed by atoms with E-state index in [-0.39, 0.29) is 48.9 Å². The second kappa shape index (κ2) is 41.5. The van der Waals surface area contributed by atoms with Gasteiger partial charge in [0.1, 0.15) is 52.0 Å². The lowest BCUT2D eigenvalue weighted by Gasteiger charge is -2.41. The Labute approximate surface area is 779 Å². The van der Waals surface area contributed by atoms with Crippen LogP contribution in [0.4, 0.5) is 24.5 Å². The predicted molar refractivity (Wildman–Crippen MR) is 519 cm³/mol. The Bertz CT molecular complexity index is 7250. The number of aromatic nitrogens is 20. The highest BCUT2D eigenvalue weighted by molar-refractivity contribution is 5.71. The van der Waals surface area contributed by atoms with Gasteiger partial charge in [0, 0.05) is 127 Å². The smallest absolute Gasteiger partial charge is 0.258 e. The molecule has 35 heteroatoms. The van der Waals surface area contributed by atoms with Crippen LogP contribution in [-0.4, -0.2) is 264 Å². The number of nitrogens with zero attached hydrogens (tertiary/aromatic N) is 26. The molecular formula is C100H119F3N26O6. The molecule has 16 aromatic heterocycles. The zero-order chi connectivity index (χ0) is 94.4. The van der Waals surface area contributed by atoms with E-state index in [1.54, 1.807) is 46.4 Å². The lowest BCUT2D eigenvalue weighted by Crippen LogP contribution is -2.52. The van der Waals surface area contributed by atoms with Crippen LogP contribution in [0.25, 0.3) is 90.2 Å². The molecule has 0 unspecified atom stereocenters. The van der Waals surface area contributed by atoms with Crippen LogP contribution >= 0.6 is 0 Å². The van der Waals surface area contributed by atoms with E-state index in [9.17, 15) is 32.3 Å². The van der Waals surface area contributed by atoms with Crippen LogP contribution in [0.5, 0.6) is 0 Å². The molecule has 16 aromatic rings. The monoisotopic (exact) mass is 1840 g/mol. The fourth-order valence-electron chi connectivity index (χ4n) is 19.3. The normalized spacial score (nSPS) is 16.4. The fraction of sp³-hybridized carbons (Fsp3) is 0.440. The predicted octanol–water partition coefficient (Wildman–Crippen LogP) is 12.2. The molecule has 0 spiro atoms. The number of ether oxygens (including phenoxy) is 1. The highest BCUT2D eigenvalue weighted by Gasteiger charge is 2.30. The van der Waals surface area contributed by atoms with Crippen molar-refractivity contribution in [3.63, 3.8) is 0 Å². The molecule has 20 rings (SSSR count). The van der Waals surface area contributed by atoms with Crippen molar-refractivity contribution in [1.82, 2.24) is 116 Å². The molecule has 0 radical (unpaired) electrons. The quantitative estimate of drug-likeness (QED) is 0.0549. The molecule has 0 amide bonds. The molecule has 0 aliphatic carbocycles. The largest absolute Gasteiger partial charge is 0.394 e. The van der Waals surface area contributed by atoms with Crippen molar-refractivity contribution >= 4 is 56.0 Å². The molecule has 32 nitrogen and oxygen atoms in total. The molecule has 2 atom stereocenters. The maximum Gasteiger partial charge on any atom is 0.258 e. The van der Waals surface area contributed by atoms with Gasteiger partial charge in [-0.25, -0.2) is 42.4 Å². The molecule has 0 bridgehead atoms. The third-order valence-corrected chi connectivity index (χ3v) is 26.4. The van der Waals surface area contributed by atoms with Gasteiger partial charge in [0.15, 0.2) is 0 Å². The summed E-state index contributed by atoms with van der Waals surface area (Å²) in [4.78, 5) is 103. The first-order chi connectivity index (χ1) is 65.4. The van der Waals surface area contributed by atoms with Crippen molar-refractivity contribution < 1.29 is 23.0 Å². The van der Waals surface area contributed by atoms with Gasteiger partial charge in [0.2, 0.25) is 0 Å². The third-order valence-electron chi connectivity index (χ3n) is 26.4. The number of anilines is 2. The zero-order valence-corrected chi connectivity index (χ0v) is 78.8. The molecule has 4 aliphatic rings. The Morgan fingerprint density at radius 3 is 1.21 bits per heavy atom. The van der Waals surface area contributed by atoms with E-state index in [0.717, 1.165) is 226 Å². The Morgan fingerprint density at radius 2 is 0.770 bits per heavy atom. The molecule has 706 valence electrons. The molecule has 20 heterocycles. The summed E-state index contributed by atoms with van der Waals surface area (Å²) in [7, 11) is 0. The van der Waals surface area contributed by atoms with Crippen LogP contribution in [0.2, 0.25) is 0 Å². The number of aliphatic hydroxyl groups excluding tert-OH is 1. The van der Waals surface area contributed by atoms with Crippen molar-refractivity contribution in [2.45, 2.75) is 158 Å². The molecule has 4 fully saturated rings. The summed E-state index contributed by atoms with van der Waals surface area (Å²) in [5.74, 6) is 0.785. The Morgan fingerprint density at radius 1 is 0.378 bits per heavy atom. The Hall–Kier alpha value is -12.9. The van der Waals surface area contributed by atoms with Crippen molar-refractivity contribution in [3.8, 4) is 45.6 Å². The number of piperazine rings is 2. The number of aliphatic hydroxyl groups is 1. The van der Waals surface area contributed by atoms with Crippen LogP contribution in [0, 0.1) is 41.5 Å². The van der Waals surface area contributed by atoms with Crippen molar-refractivity contribution in [2.24, 2.45) is 0 Å². The molecule has 4 saturated heterocycles. The van der Waals surface area contributed by atoms with E-state index in [0.29, 0.717) is 125 Å². The SMILES string of the molecule is CCc1nc(C)cn2nc(-c3cc(=O)n4cc(C5CCN(CCCF)CC5)ccc4n3)cc12.CCc1nc(C)cn2nc(-c3cc(=O)n4cc(C5CCN(CCF)CC5)ccc4n3)cc12.CCc1nc(C)cn2nc(-c3cc(=O)n4cc(N5CCN(CCCF)[C@H](C)C5)ccc4n3)cc12.Cc1cn2nc(-c3cc(=O)n4cc(N5CCN(CCOCCO)[C@H](C)C5)cc(C)c4n3)cc2c(C)n1. The van der Waals surface area contributed by atoms with Crippen LogP contribution in [0.15, 0.2) is 160 Å². The minimum Gasteiger partial charge on any atom is -0.394 e. The number of aryl methyl sites for hydroxylation is 9. The summed E-state index contributed by atoms with van der Waals surface area (Å²) >= 11 is 0. The number of hydrogen-bond donors (Lipinski definition) is 1. The topological polar surface area (TPSA) is 307 Å². The summed E-state index contributed by atoms with van der Waals surface area (Å²) in [5, 5.41) is 27.5. The van der Waals surface area contributed by atoms with E-state index in [2.05, 4.69) is 123 Å². The van der Waals surface area contributed by atoms with Gasteiger partial charge >= 0.3 is 0 Å². The van der Waals surface area contributed by atoms with E-state index in [1.165, 1.54) is 0 Å². The summed E-state index contributed by atoms with van der Waals surface area (Å²) in [5.41, 5.74) is 23.2. The number of rotatable bonds is 24. The van der Waals surface area contributed by atoms with E-state index >= 15 is 0 Å². The molecule has 1 N–H and O–H groups in total. The maximum absolute atomic E-state index is 13.2. The molecule has 4 aliphatic heterocycles. The highest BCUT2D eigenvalue weighted by atomic mass is 19.1. The number of fused-ring (bicyclic) bond motifs is 8. The van der Waals surface area contributed by atoms with Gasteiger partial charge in [-0.2, -0.15) is 20.4 Å². The lowest BCUT2D eigenvalue weighted by atomic mass is 9.90. The molecule has 135 heavy (non-hydrogen) atoms. The van der Waals surface area contributed by atoms with Crippen molar-refractivity contribution in [3.05, 3.63) is 244 Å². The van der Waals surface area contributed by atoms with Gasteiger partial charge in [-0.3, -0.25) is 75.3 Å².